The predicted octanol–water partition coefficient (Wildman–Crippen LogP) is 3.19. The second-order valence-electron chi connectivity index (χ2n) is 7.04. The zero-order valence-corrected chi connectivity index (χ0v) is 17.8. The molecule has 1 amide bonds. The van der Waals surface area contributed by atoms with Crippen molar-refractivity contribution in [2.45, 2.75) is 0 Å². The van der Waals surface area contributed by atoms with Crippen LogP contribution in [0.15, 0.2) is 42.5 Å². The molecule has 0 aliphatic carbocycles. The molecule has 31 heavy (non-hydrogen) atoms. The van der Waals surface area contributed by atoms with Gasteiger partial charge in [-0.15, -0.1) is 0 Å². The van der Waals surface area contributed by atoms with Crippen LogP contribution in [0.5, 0.6) is 5.75 Å². The summed E-state index contributed by atoms with van der Waals surface area (Å²) in [6, 6.07) is 11.3. The minimum atomic E-state index is -0.481. The third kappa shape index (κ3) is 4.82. The molecule has 3 aromatic rings. The fraction of sp³-hybridized carbons (Fsp3) is 0.333. The summed E-state index contributed by atoms with van der Waals surface area (Å²) < 4.78 is 11.6. The average molecular weight is 442 g/mol. The molecular formula is C21H22N4O5S. The number of rotatable bonds is 7. The number of morpholine rings is 1. The van der Waals surface area contributed by atoms with Crippen molar-refractivity contribution >= 4 is 38.3 Å². The smallest absolute Gasteiger partial charge is 0.269 e. The van der Waals surface area contributed by atoms with Crippen LogP contribution < -0.4 is 9.64 Å². The summed E-state index contributed by atoms with van der Waals surface area (Å²) in [5.41, 5.74) is 1.11. The number of aromatic nitrogens is 1. The Morgan fingerprint density at radius 3 is 2.68 bits per heavy atom. The van der Waals surface area contributed by atoms with E-state index in [-0.39, 0.29) is 11.6 Å². The molecule has 4 rings (SSSR count). The van der Waals surface area contributed by atoms with Gasteiger partial charge in [-0.1, -0.05) is 11.3 Å². The second kappa shape index (κ2) is 9.38. The summed E-state index contributed by atoms with van der Waals surface area (Å²) in [7, 11) is 1.61. The number of nitro benzene ring substituents is 1. The summed E-state index contributed by atoms with van der Waals surface area (Å²) >= 11 is 1.42. The minimum absolute atomic E-state index is 0.0523. The lowest BCUT2D eigenvalue weighted by Crippen LogP contribution is -2.43. The van der Waals surface area contributed by atoms with E-state index in [9.17, 15) is 14.9 Å². The summed E-state index contributed by atoms with van der Waals surface area (Å²) in [6.45, 7) is 4.12. The highest BCUT2D eigenvalue weighted by Gasteiger charge is 2.23. The van der Waals surface area contributed by atoms with Crippen molar-refractivity contribution in [1.29, 1.82) is 0 Å². The number of non-ortho nitro benzene ring substituents is 1. The van der Waals surface area contributed by atoms with Crippen LogP contribution in [0.4, 0.5) is 10.8 Å². The molecule has 1 aromatic heterocycles. The number of ether oxygens (including phenoxy) is 2. The van der Waals surface area contributed by atoms with Gasteiger partial charge in [0.15, 0.2) is 5.13 Å². The number of amides is 1. The van der Waals surface area contributed by atoms with Gasteiger partial charge in [0.2, 0.25) is 0 Å². The monoisotopic (exact) mass is 442 g/mol. The van der Waals surface area contributed by atoms with Gasteiger partial charge in [0.05, 0.1) is 35.5 Å². The van der Waals surface area contributed by atoms with Crippen molar-refractivity contribution in [3.05, 3.63) is 58.1 Å². The molecule has 0 unspecified atom stereocenters. The molecule has 9 nitrogen and oxygen atoms in total. The van der Waals surface area contributed by atoms with Gasteiger partial charge >= 0.3 is 0 Å². The number of fused-ring (bicyclic) bond motifs is 1. The van der Waals surface area contributed by atoms with Gasteiger partial charge in [0, 0.05) is 43.9 Å². The van der Waals surface area contributed by atoms with E-state index in [1.54, 1.807) is 12.0 Å². The van der Waals surface area contributed by atoms with Crippen LogP contribution in [0.25, 0.3) is 10.2 Å². The van der Waals surface area contributed by atoms with E-state index < -0.39 is 4.92 Å². The van der Waals surface area contributed by atoms with Gasteiger partial charge in [-0.05, 0) is 30.3 Å². The summed E-state index contributed by atoms with van der Waals surface area (Å²) in [6.07, 6.45) is 0. The SMILES string of the molecule is COc1ccc2nc(N(CCN3CCOCC3)C(=O)c3ccc([N+](=O)[O-])cc3)sc2c1. The number of methoxy groups -OCH3 is 1. The maximum absolute atomic E-state index is 13.4. The summed E-state index contributed by atoms with van der Waals surface area (Å²) in [5, 5.41) is 11.5. The highest BCUT2D eigenvalue weighted by Crippen LogP contribution is 2.32. The molecule has 2 aromatic carbocycles. The zero-order chi connectivity index (χ0) is 21.8. The number of hydrogen-bond acceptors (Lipinski definition) is 8. The lowest BCUT2D eigenvalue weighted by Gasteiger charge is -2.29. The van der Waals surface area contributed by atoms with Gasteiger partial charge in [0.25, 0.3) is 11.6 Å². The summed E-state index contributed by atoms with van der Waals surface area (Å²) in [5.74, 6) is 0.485. The van der Waals surface area contributed by atoms with Crippen LogP contribution in [0.2, 0.25) is 0 Å². The molecule has 0 atom stereocenters. The molecule has 2 heterocycles. The van der Waals surface area contributed by atoms with E-state index in [2.05, 4.69) is 9.88 Å². The molecule has 1 fully saturated rings. The Kier molecular flexibility index (Phi) is 6.40. The molecule has 0 spiro atoms. The highest BCUT2D eigenvalue weighted by molar-refractivity contribution is 7.22. The van der Waals surface area contributed by atoms with Crippen LogP contribution in [-0.2, 0) is 4.74 Å². The first kappa shape index (κ1) is 21.2. The van der Waals surface area contributed by atoms with Gasteiger partial charge in [-0.2, -0.15) is 0 Å². The average Bonchev–Trinajstić information content (AvgIpc) is 3.22. The molecule has 0 N–H and O–H groups in total. The van der Waals surface area contributed by atoms with E-state index in [0.29, 0.717) is 37.0 Å². The number of anilines is 1. The van der Waals surface area contributed by atoms with E-state index in [4.69, 9.17) is 9.47 Å². The second-order valence-corrected chi connectivity index (χ2v) is 8.05. The van der Waals surface area contributed by atoms with Gasteiger partial charge in [-0.25, -0.2) is 4.98 Å². The molecule has 1 aliphatic heterocycles. The first-order valence-corrected chi connectivity index (χ1v) is 10.7. The third-order valence-corrected chi connectivity index (χ3v) is 6.17. The minimum Gasteiger partial charge on any atom is -0.497 e. The number of benzene rings is 2. The van der Waals surface area contributed by atoms with Crippen molar-refractivity contribution in [2.24, 2.45) is 0 Å². The number of carbonyl (C=O) groups is 1. The van der Waals surface area contributed by atoms with Crippen molar-refractivity contribution in [2.75, 3.05) is 51.4 Å². The fourth-order valence-corrected chi connectivity index (χ4v) is 4.39. The standard InChI is InChI=1S/C21H22N4O5S/c1-29-17-6-7-18-19(14-17)31-21(22-18)24(9-8-23-10-12-30-13-11-23)20(26)15-2-4-16(5-3-15)25(27)28/h2-7,14H,8-13H2,1H3. The zero-order valence-electron chi connectivity index (χ0n) is 17.0. The Morgan fingerprint density at radius 2 is 2.00 bits per heavy atom. The maximum Gasteiger partial charge on any atom is 0.269 e. The fourth-order valence-electron chi connectivity index (χ4n) is 3.37. The number of hydrogen-bond donors (Lipinski definition) is 0. The van der Waals surface area contributed by atoms with Crippen LogP contribution in [0.3, 0.4) is 0 Å². The first-order valence-electron chi connectivity index (χ1n) is 9.86. The lowest BCUT2D eigenvalue weighted by atomic mass is 10.2. The molecule has 0 saturated carbocycles. The Morgan fingerprint density at radius 1 is 1.26 bits per heavy atom. The first-order chi connectivity index (χ1) is 15.0. The Balaban J connectivity index is 1.63. The van der Waals surface area contributed by atoms with Crippen LogP contribution >= 0.6 is 11.3 Å². The van der Waals surface area contributed by atoms with Gasteiger partial charge in [0.1, 0.15) is 5.75 Å². The quantitative estimate of drug-likeness (QED) is 0.409. The predicted molar refractivity (Wildman–Crippen MR) is 118 cm³/mol. The van der Waals surface area contributed by atoms with Crippen molar-refractivity contribution in [3.63, 3.8) is 0 Å². The highest BCUT2D eigenvalue weighted by atomic mass is 32.1. The number of thiazole rings is 1. The lowest BCUT2D eigenvalue weighted by molar-refractivity contribution is -0.384. The molecule has 0 radical (unpaired) electrons. The van der Waals surface area contributed by atoms with Crippen molar-refractivity contribution in [1.82, 2.24) is 9.88 Å². The molecule has 162 valence electrons. The number of carbonyl (C=O) groups excluding carboxylic acids is 1. The van der Waals surface area contributed by atoms with Crippen molar-refractivity contribution < 1.29 is 19.2 Å². The molecular weight excluding hydrogens is 420 g/mol. The van der Waals surface area contributed by atoms with Gasteiger partial charge in [-0.3, -0.25) is 24.7 Å². The largest absolute Gasteiger partial charge is 0.497 e. The Bertz CT molecular complexity index is 1080. The van der Waals surface area contributed by atoms with Crippen LogP contribution in [-0.4, -0.2) is 67.2 Å². The molecule has 1 aliphatic rings. The molecule has 0 bridgehead atoms. The van der Waals surface area contributed by atoms with Gasteiger partial charge < -0.3 is 9.47 Å². The normalized spacial score (nSPS) is 14.5. The van der Waals surface area contributed by atoms with E-state index in [1.807, 2.05) is 18.2 Å². The van der Waals surface area contributed by atoms with E-state index >= 15 is 0 Å². The van der Waals surface area contributed by atoms with Crippen molar-refractivity contribution in [3.8, 4) is 5.75 Å². The summed E-state index contributed by atoms with van der Waals surface area (Å²) in [4.78, 5) is 32.4. The topological polar surface area (TPSA) is 98.0 Å². The third-order valence-electron chi connectivity index (χ3n) is 5.13. The van der Waals surface area contributed by atoms with Crippen LogP contribution in [0.1, 0.15) is 10.4 Å². The maximum atomic E-state index is 13.4. The molecule has 1 saturated heterocycles. The number of nitro groups is 1. The Labute approximate surface area is 183 Å². The van der Waals surface area contributed by atoms with Crippen LogP contribution in [0, 0.1) is 10.1 Å². The number of nitrogens with zero attached hydrogens (tertiary/aromatic N) is 4. The van der Waals surface area contributed by atoms with E-state index in [1.165, 1.54) is 35.6 Å². The molecule has 10 heteroatoms. The van der Waals surface area contributed by atoms with E-state index in [0.717, 1.165) is 29.1 Å². The Hall–Kier alpha value is -3.08.